The van der Waals surface area contributed by atoms with Gasteiger partial charge in [0.1, 0.15) is 4.83 Å². The van der Waals surface area contributed by atoms with Crippen LogP contribution in [0, 0.1) is 6.92 Å². The van der Waals surface area contributed by atoms with Gasteiger partial charge in [-0.2, -0.15) is 0 Å². The van der Waals surface area contributed by atoms with E-state index in [1.165, 1.54) is 4.88 Å². The molecule has 0 radical (unpaired) electrons. The molecule has 0 aliphatic heterocycles. The number of aromatic nitrogens is 3. The third-order valence-corrected chi connectivity index (χ3v) is 5.08. The van der Waals surface area contributed by atoms with Gasteiger partial charge in [0.2, 0.25) is 0 Å². The van der Waals surface area contributed by atoms with E-state index in [-0.39, 0.29) is 11.6 Å². The number of hydrogen-bond donors (Lipinski definition) is 0. The monoisotopic (exact) mass is 313 g/mol. The predicted octanol–water partition coefficient (Wildman–Crippen LogP) is 3.53. The smallest absolute Gasteiger partial charge is 0.262 e. The summed E-state index contributed by atoms with van der Waals surface area (Å²) in [5.74, 6) is 0. The van der Waals surface area contributed by atoms with Crippen LogP contribution in [0.4, 0.5) is 0 Å². The van der Waals surface area contributed by atoms with Gasteiger partial charge in [-0.3, -0.25) is 14.3 Å². The van der Waals surface area contributed by atoms with Crippen LogP contribution in [-0.4, -0.2) is 14.5 Å². The Labute approximate surface area is 133 Å². The van der Waals surface area contributed by atoms with Gasteiger partial charge in [-0.1, -0.05) is 13.0 Å². The maximum atomic E-state index is 12.9. The number of fused-ring (bicyclic) bond motifs is 1. The molecule has 3 heterocycles. The standard InChI is InChI=1S/C17H19N3OS/c1-4-14-12(3)22-16-15(14)17(21)20(10-19-16)11(2)8-13-6-5-7-18-9-13/h5-7,9-11H,4,8H2,1-3H3. The van der Waals surface area contributed by atoms with Crippen LogP contribution in [0.5, 0.6) is 0 Å². The van der Waals surface area contributed by atoms with E-state index in [1.54, 1.807) is 28.4 Å². The van der Waals surface area contributed by atoms with Crippen molar-refractivity contribution < 1.29 is 0 Å². The molecule has 0 amide bonds. The first-order valence-electron chi connectivity index (χ1n) is 7.49. The molecule has 3 aromatic heterocycles. The Kier molecular flexibility index (Phi) is 4.07. The molecule has 5 heteroatoms. The zero-order valence-electron chi connectivity index (χ0n) is 13.0. The van der Waals surface area contributed by atoms with E-state index < -0.39 is 0 Å². The summed E-state index contributed by atoms with van der Waals surface area (Å²) >= 11 is 1.61. The first-order chi connectivity index (χ1) is 10.6. The number of nitrogens with zero attached hydrogens (tertiary/aromatic N) is 3. The highest BCUT2D eigenvalue weighted by atomic mass is 32.1. The fourth-order valence-corrected chi connectivity index (χ4v) is 3.94. The summed E-state index contributed by atoms with van der Waals surface area (Å²) in [6.45, 7) is 6.20. The third-order valence-electron chi connectivity index (χ3n) is 4.02. The number of thiophene rings is 1. The molecule has 0 aliphatic carbocycles. The lowest BCUT2D eigenvalue weighted by Gasteiger charge is -2.14. The second-order valence-corrected chi connectivity index (χ2v) is 6.75. The Morgan fingerprint density at radius 2 is 2.23 bits per heavy atom. The molecule has 0 saturated carbocycles. The quantitative estimate of drug-likeness (QED) is 0.740. The average Bonchev–Trinajstić information content (AvgIpc) is 2.84. The normalized spacial score (nSPS) is 12.7. The number of pyridine rings is 1. The van der Waals surface area contributed by atoms with Gasteiger partial charge in [-0.05, 0) is 43.9 Å². The Hall–Kier alpha value is -2.01. The van der Waals surface area contributed by atoms with Gasteiger partial charge < -0.3 is 0 Å². The molecule has 3 rings (SSSR count). The van der Waals surface area contributed by atoms with E-state index in [0.29, 0.717) is 0 Å². The molecular formula is C17H19N3OS. The Morgan fingerprint density at radius 3 is 2.91 bits per heavy atom. The number of rotatable bonds is 4. The SMILES string of the molecule is CCc1c(C)sc2ncn(C(C)Cc3cccnc3)c(=O)c12. The molecule has 0 N–H and O–H groups in total. The molecule has 1 atom stereocenters. The summed E-state index contributed by atoms with van der Waals surface area (Å²) in [6, 6.07) is 4.01. The van der Waals surface area contributed by atoms with Crippen molar-refractivity contribution in [2.75, 3.05) is 0 Å². The summed E-state index contributed by atoms with van der Waals surface area (Å²) in [4.78, 5) is 23.5. The third kappa shape index (κ3) is 2.57. The van der Waals surface area contributed by atoms with Gasteiger partial charge in [0.05, 0.1) is 11.7 Å². The number of aryl methyl sites for hydroxylation is 2. The predicted molar refractivity (Wildman–Crippen MR) is 90.6 cm³/mol. The van der Waals surface area contributed by atoms with Gasteiger partial charge in [-0.25, -0.2) is 4.98 Å². The van der Waals surface area contributed by atoms with Gasteiger partial charge in [-0.15, -0.1) is 11.3 Å². The fourth-order valence-electron chi connectivity index (χ4n) is 2.87. The van der Waals surface area contributed by atoms with Crippen LogP contribution in [0.15, 0.2) is 35.6 Å². The molecule has 0 aliphatic rings. The van der Waals surface area contributed by atoms with E-state index in [0.717, 1.165) is 34.2 Å². The van der Waals surface area contributed by atoms with Crippen molar-refractivity contribution >= 4 is 21.6 Å². The van der Waals surface area contributed by atoms with Crippen molar-refractivity contribution in [3.8, 4) is 0 Å². The second-order valence-electron chi connectivity index (χ2n) is 5.54. The van der Waals surface area contributed by atoms with Gasteiger partial charge in [0, 0.05) is 23.3 Å². The lowest BCUT2D eigenvalue weighted by Crippen LogP contribution is -2.25. The second kappa shape index (κ2) is 6.01. The van der Waals surface area contributed by atoms with Crippen LogP contribution in [0.3, 0.4) is 0 Å². The zero-order valence-corrected chi connectivity index (χ0v) is 13.9. The van der Waals surface area contributed by atoms with E-state index in [2.05, 4.69) is 23.8 Å². The molecule has 1 unspecified atom stereocenters. The molecule has 0 bridgehead atoms. The van der Waals surface area contributed by atoms with Crippen molar-refractivity contribution in [2.45, 2.75) is 39.7 Å². The highest BCUT2D eigenvalue weighted by Crippen LogP contribution is 2.27. The van der Waals surface area contributed by atoms with Crippen molar-refractivity contribution in [1.29, 1.82) is 0 Å². The van der Waals surface area contributed by atoms with Crippen LogP contribution in [0.2, 0.25) is 0 Å². The van der Waals surface area contributed by atoms with Crippen LogP contribution in [-0.2, 0) is 12.8 Å². The summed E-state index contributed by atoms with van der Waals surface area (Å²) in [6.07, 6.45) is 6.92. The maximum Gasteiger partial charge on any atom is 0.262 e. The van der Waals surface area contributed by atoms with E-state index in [1.807, 2.05) is 25.3 Å². The summed E-state index contributed by atoms with van der Waals surface area (Å²) < 4.78 is 1.75. The van der Waals surface area contributed by atoms with Crippen molar-refractivity contribution in [3.63, 3.8) is 0 Å². The Bertz CT molecular complexity index is 851. The minimum atomic E-state index is 0.0542. The van der Waals surface area contributed by atoms with E-state index >= 15 is 0 Å². The first-order valence-corrected chi connectivity index (χ1v) is 8.31. The average molecular weight is 313 g/mol. The van der Waals surface area contributed by atoms with Gasteiger partial charge >= 0.3 is 0 Å². The molecular weight excluding hydrogens is 294 g/mol. The molecule has 0 aromatic carbocycles. The zero-order chi connectivity index (χ0) is 15.7. The molecule has 0 saturated heterocycles. The van der Waals surface area contributed by atoms with Crippen molar-refractivity contribution in [2.24, 2.45) is 0 Å². The van der Waals surface area contributed by atoms with E-state index in [4.69, 9.17) is 0 Å². The Balaban J connectivity index is 2.04. The van der Waals surface area contributed by atoms with E-state index in [9.17, 15) is 4.79 Å². The fraction of sp³-hybridized carbons (Fsp3) is 0.353. The molecule has 114 valence electrons. The highest BCUT2D eigenvalue weighted by molar-refractivity contribution is 7.18. The van der Waals surface area contributed by atoms with Gasteiger partial charge in [0.15, 0.2) is 0 Å². The van der Waals surface area contributed by atoms with Crippen LogP contribution in [0.1, 0.15) is 35.9 Å². The van der Waals surface area contributed by atoms with Crippen molar-refractivity contribution in [1.82, 2.24) is 14.5 Å². The first kappa shape index (κ1) is 14.9. The molecule has 0 fully saturated rings. The lowest BCUT2D eigenvalue weighted by atomic mass is 10.1. The summed E-state index contributed by atoms with van der Waals surface area (Å²) in [5.41, 5.74) is 2.34. The van der Waals surface area contributed by atoms with Crippen molar-refractivity contribution in [3.05, 3.63) is 57.2 Å². The lowest BCUT2D eigenvalue weighted by molar-refractivity contribution is 0.522. The molecule has 3 aromatic rings. The molecule has 22 heavy (non-hydrogen) atoms. The molecule has 0 spiro atoms. The minimum absolute atomic E-state index is 0.0542. The summed E-state index contributed by atoms with van der Waals surface area (Å²) in [7, 11) is 0. The van der Waals surface area contributed by atoms with Gasteiger partial charge in [0.25, 0.3) is 5.56 Å². The summed E-state index contributed by atoms with van der Waals surface area (Å²) in [5, 5.41) is 0.797. The Morgan fingerprint density at radius 1 is 1.41 bits per heavy atom. The van der Waals surface area contributed by atoms with Crippen LogP contribution in [0.25, 0.3) is 10.2 Å². The van der Waals surface area contributed by atoms with Crippen LogP contribution >= 0.6 is 11.3 Å². The maximum absolute atomic E-state index is 12.9. The highest BCUT2D eigenvalue weighted by Gasteiger charge is 2.16. The molecule has 4 nitrogen and oxygen atoms in total. The largest absolute Gasteiger partial charge is 0.295 e. The van der Waals surface area contributed by atoms with Crippen LogP contribution < -0.4 is 5.56 Å². The topological polar surface area (TPSA) is 47.8 Å². The minimum Gasteiger partial charge on any atom is -0.295 e. The number of hydrogen-bond acceptors (Lipinski definition) is 4.